The maximum atomic E-state index is 12.2. The Balaban J connectivity index is 1.46. The molecule has 0 atom stereocenters. The van der Waals surface area contributed by atoms with E-state index in [9.17, 15) is 4.79 Å². The molecule has 2 aliphatic carbocycles. The number of benzene rings is 1. The van der Waals surface area contributed by atoms with Crippen LogP contribution in [0.1, 0.15) is 56.7 Å². The Morgan fingerprint density at radius 1 is 1.04 bits per heavy atom. The molecule has 2 saturated carbocycles. The number of pyridine rings is 1. The Morgan fingerprint density at radius 3 is 2.54 bits per heavy atom. The number of aromatic nitrogens is 1. The second-order valence-electron chi connectivity index (χ2n) is 9.21. The van der Waals surface area contributed by atoms with Crippen molar-refractivity contribution < 1.29 is 0 Å². The number of hydrogen-bond donors (Lipinski definition) is 0. The fourth-order valence-corrected chi connectivity index (χ4v) is 4.59. The summed E-state index contributed by atoms with van der Waals surface area (Å²) in [4.78, 5) is 17.3. The van der Waals surface area contributed by atoms with Crippen molar-refractivity contribution in [3.05, 3.63) is 58.0 Å². The lowest BCUT2D eigenvalue weighted by Crippen LogP contribution is -2.33. The average Bonchev–Trinajstić information content (AvgIpc) is 3.57. The molecule has 5 rings (SSSR count). The Morgan fingerprint density at radius 2 is 1.82 bits per heavy atom. The van der Waals surface area contributed by atoms with Gasteiger partial charge in [-0.3, -0.25) is 9.69 Å². The van der Waals surface area contributed by atoms with Gasteiger partial charge >= 0.3 is 0 Å². The van der Waals surface area contributed by atoms with Gasteiger partial charge < -0.3 is 9.47 Å². The van der Waals surface area contributed by atoms with Crippen molar-refractivity contribution in [2.75, 3.05) is 18.0 Å². The topological polar surface area (TPSA) is 28.5 Å². The molecule has 0 unspecified atom stereocenters. The summed E-state index contributed by atoms with van der Waals surface area (Å²) in [7, 11) is 0. The minimum atomic E-state index is 0.121. The molecule has 2 fully saturated rings. The summed E-state index contributed by atoms with van der Waals surface area (Å²) in [6.45, 7) is 8.00. The maximum Gasteiger partial charge on any atom is 0.250 e. The molecule has 0 radical (unpaired) electrons. The lowest BCUT2D eigenvalue weighted by atomic mass is 9.98. The van der Waals surface area contributed by atoms with Gasteiger partial charge in [0.2, 0.25) is 0 Å². The highest BCUT2D eigenvalue weighted by Crippen LogP contribution is 2.36. The molecule has 1 aromatic heterocycles. The molecule has 28 heavy (non-hydrogen) atoms. The molecule has 3 aliphatic rings. The third kappa shape index (κ3) is 3.62. The summed E-state index contributed by atoms with van der Waals surface area (Å²) in [5.41, 5.74) is 5.46. The molecule has 1 aromatic carbocycles. The zero-order valence-corrected chi connectivity index (χ0v) is 17.1. The van der Waals surface area contributed by atoms with E-state index in [4.69, 9.17) is 0 Å². The van der Waals surface area contributed by atoms with Crippen molar-refractivity contribution in [3.8, 4) is 0 Å². The third-order valence-electron chi connectivity index (χ3n) is 6.43. The SMILES string of the molecule is CC(C)N(c1ccc2c(c1)CN(CC1CC1)CC2)c1ccc(=O)n(C2CC2)c1. The second kappa shape index (κ2) is 7.07. The van der Waals surface area contributed by atoms with Crippen molar-refractivity contribution in [3.63, 3.8) is 0 Å². The predicted octanol–water partition coefficient (Wildman–Crippen LogP) is 4.50. The number of fused-ring (bicyclic) bond motifs is 1. The molecule has 4 heteroatoms. The lowest BCUT2D eigenvalue weighted by Gasteiger charge is -2.33. The van der Waals surface area contributed by atoms with Crippen LogP contribution in [0.2, 0.25) is 0 Å². The van der Waals surface area contributed by atoms with E-state index in [0.717, 1.165) is 37.4 Å². The summed E-state index contributed by atoms with van der Waals surface area (Å²) in [6.07, 6.45) is 8.32. The van der Waals surface area contributed by atoms with Crippen LogP contribution < -0.4 is 10.5 Å². The highest BCUT2D eigenvalue weighted by Gasteiger charge is 2.28. The van der Waals surface area contributed by atoms with Crippen LogP contribution in [0, 0.1) is 5.92 Å². The number of anilines is 2. The Kier molecular flexibility index (Phi) is 4.54. The van der Waals surface area contributed by atoms with Crippen LogP contribution in [0.4, 0.5) is 11.4 Å². The standard InChI is InChI=1S/C24H31N3O/c1-17(2)27(23-9-10-24(28)26(16-23)21-7-8-21)22-6-5-19-11-12-25(14-18-3-4-18)15-20(19)13-22/h5-6,9-10,13,16-18,21H,3-4,7-8,11-12,14-15H2,1-2H3. The zero-order valence-electron chi connectivity index (χ0n) is 17.1. The highest BCUT2D eigenvalue weighted by molar-refractivity contribution is 5.65. The second-order valence-corrected chi connectivity index (χ2v) is 9.21. The normalized spacial score (nSPS) is 19.7. The van der Waals surface area contributed by atoms with Crippen LogP contribution in [0.25, 0.3) is 0 Å². The van der Waals surface area contributed by atoms with Gasteiger partial charge in [-0.25, -0.2) is 0 Å². The van der Waals surface area contributed by atoms with Gasteiger partial charge in [0, 0.05) is 49.7 Å². The smallest absolute Gasteiger partial charge is 0.250 e. The van der Waals surface area contributed by atoms with E-state index in [-0.39, 0.29) is 5.56 Å². The van der Waals surface area contributed by atoms with Crippen LogP contribution in [0.15, 0.2) is 41.3 Å². The summed E-state index contributed by atoms with van der Waals surface area (Å²) in [5, 5.41) is 0. The van der Waals surface area contributed by atoms with Crippen LogP contribution in [0.5, 0.6) is 0 Å². The van der Waals surface area contributed by atoms with E-state index in [1.165, 1.54) is 42.7 Å². The molecule has 2 aromatic rings. The van der Waals surface area contributed by atoms with Crippen LogP contribution in [-0.2, 0) is 13.0 Å². The number of hydrogen-bond acceptors (Lipinski definition) is 3. The first-order chi connectivity index (χ1) is 13.6. The first-order valence-electron chi connectivity index (χ1n) is 10.9. The van der Waals surface area contributed by atoms with E-state index >= 15 is 0 Å². The average molecular weight is 378 g/mol. The fourth-order valence-electron chi connectivity index (χ4n) is 4.59. The first kappa shape index (κ1) is 18.0. The molecule has 0 amide bonds. The van der Waals surface area contributed by atoms with Gasteiger partial charge in [0.05, 0.1) is 5.69 Å². The molecule has 0 N–H and O–H groups in total. The third-order valence-corrected chi connectivity index (χ3v) is 6.43. The summed E-state index contributed by atoms with van der Waals surface area (Å²) in [5.74, 6) is 0.945. The van der Waals surface area contributed by atoms with Crippen molar-refractivity contribution >= 4 is 11.4 Å². The molecule has 148 valence electrons. The van der Waals surface area contributed by atoms with Gasteiger partial charge in [-0.2, -0.15) is 0 Å². The minimum absolute atomic E-state index is 0.121. The Bertz CT molecular complexity index is 924. The van der Waals surface area contributed by atoms with Gasteiger partial charge in [-0.15, -0.1) is 0 Å². The summed E-state index contributed by atoms with van der Waals surface area (Å²) < 4.78 is 1.93. The molecule has 0 bridgehead atoms. The molecule has 0 spiro atoms. The van der Waals surface area contributed by atoms with Crippen molar-refractivity contribution in [1.82, 2.24) is 9.47 Å². The van der Waals surface area contributed by atoms with E-state index < -0.39 is 0 Å². The molecule has 1 aliphatic heterocycles. The monoisotopic (exact) mass is 377 g/mol. The van der Waals surface area contributed by atoms with E-state index in [2.05, 4.69) is 48.0 Å². The largest absolute Gasteiger partial charge is 0.338 e. The summed E-state index contributed by atoms with van der Waals surface area (Å²) >= 11 is 0. The van der Waals surface area contributed by atoms with Crippen molar-refractivity contribution in [2.45, 2.75) is 64.6 Å². The van der Waals surface area contributed by atoms with Crippen LogP contribution in [-0.4, -0.2) is 28.6 Å². The van der Waals surface area contributed by atoms with Gasteiger partial charge in [-0.05, 0) is 81.2 Å². The van der Waals surface area contributed by atoms with E-state index in [1.807, 2.05) is 10.6 Å². The quantitative estimate of drug-likeness (QED) is 0.742. The van der Waals surface area contributed by atoms with E-state index in [0.29, 0.717) is 12.1 Å². The lowest BCUT2D eigenvalue weighted by molar-refractivity contribution is 0.244. The molecule has 2 heterocycles. The molecule has 0 saturated heterocycles. The molecular formula is C24H31N3O. The predicted molar refractivity (Wildman–Crippen MR) is 114 cm³/mol. The van der Waals surface area contributed by atoms with Crippen molar-refractivity contribution in [2.24, 2.45) is 5.92 Å². The Hall–Kier alpha value is -2.07. The van der Waals surface area contributed by atoms with E-state index in [1.54, 1.807) is 6.07 Å². The zero-order chi connectivity index (χ0) is 19.3. The first-order valence-corrected chi connectivity index (χ1v) is 10.9. The minimum Gasteiger partial charge on any atom is -0.338 e. The number of rotatable bonds is 6. The summed E-state index contributed by atoms with van der Waals surface area (Å²) in [6, 6.07) is 11.4. The van der Waals surface area contributed by atoms with Crippen LogP contribution >= 0.6 is 0 Å². The van der Waals surface area contributed by atoms with Gasteiger partial charge in [0.25, 0.3) is 5.56 Å². The highest BCUT2D eigenvalue weighted by atomic mass is 16.1. The number of nitrogens with zero attached hydrogens (tertiary/aromatic N) is 3. The Labute approximate surface area is 167 Å². The maximum absolute atomic E-state index is 12.2. The van der Waals surface area contributed by atoms with Crippen molar-refractivity contribution in [1.29, 1.82) is 0 Å². The molecule has 4 nitrogen and oxygen atoms in total. The van der Waals surface area contributed by atoms with Gasteiger partial charge in [-0.1, -0.05) is 6.07 Å². The van der Waals surface area contributed by atoms with Gasteiger partial charge in [0.1, 0.15) is 0 Å². The van der Waals surface area contributed by atoms with Gasteiger partial charge in [0.15, 0.2) is 0 Å². The van der Waals surface area contributed by atoms with Crippen LogP contribution in [0.3, 0.4) is 0 Å². The molecular weight excluding hydrogens is 346 g/mol. The fraction of sp³-hybridized carbons (Fsp3) is 0.542.